The molecule has 1 aromatic carbocycles. The van der Waals surface area contributed by atoms with Crippen LogP contribution in [0.15, 0.2) is 18.2 Å². The van der Waals surface area contributed by atoms with Crippen molar-refractivity contribution in [2.45, 2.75) is 44.9 Å². The number of piperidine rings is 1. The Bertz CT molecular complexity index is 645. The minimum Gasteiger partial charge on any atom is -0.352 e. The van der Waals surface area contributed by atoms with Gasteiger partial charge in [-0.15, -0.1) is 0 Å². The Balaban J connectivity index is 2.33. The van der Waals surface area contributed by atoms with Crippen molar-refractivity contribution in [3.63, 3.8) is 0 Å². The van der Waals surface area contributed by atoms with Crippen molar-refractivity contribution in [2.75, 3.05) is 6.54 Å². The summed E-state index contributed by atoms with van der Waals surface area (Å²) in [5, 5.41) is 2.52. The Labute approximate surface area is 136 Å². The third-order valence-electron chi connectivity index (χ3n) is 3.98. The average molecular weight is 346 g/mol. The Kier molecular flexibility index (Phi) is 5.15. The minimum absolute atomic E-state index is 0.101. The fourth-order valence-electron chi connectivity index (χ4n) is 2.90. The molecule has 0 spiro atoms. The molecule has 0 aromatic heterocycles. The predicted octanol–water partition coefficient (Wildman–Crippen LogP) is 2.81. The first-order valence-electron chi connectivity index (χ1n) is 7.50. The molecule has 1 aliphatic rings. The summed E-state index contributed by atoms with van der Waals surface area (Å²) >= 11 is 0. The van der Waals surface area contributed by atoms with Crippen molar-refractivity contribution in [3.05, 3.63) is 35.1 Å². The minimum atomic E-state index is -4.61. The number of hydrogen-bond acceptors (Lipinski definition) is 2. The van der Waals surface area contributed by atoms with E-state index in [0.29, 0.717) is 10.5 Å². The smallest absolute Gasteiger partial charge is 0.352 e. The van der Waals surface area contributed by atoms with Crippen molar-refractivity contribution in [1.82, 2.24) is 10.2 Å². The number of amides is 2. The highest BCUT2D eigenvalue weighted by atomic mass is 19.4. The lowest BCUT2D eigenvalue weighted by molar-refractivity contribution is -0.184. The molecule has 1 aromatic rings. The number of carbonyl (C=O) groups is 2. The lowest BCUT2D eigenvalue weighted by Crippen LogP contribution is -2.58. The van der Waals surface area contributed by atoms with Crippen molar-refractivity contribution in [2.24, 2.45) is 0 Å². The maximum Gasteiger partial charge on any atom is 0.408 e. The van der Waals surface area contributed by atoms with Gasteiger partial charge in [0.2, 0.25) is 5.91 Å². The first kappa shape index (κ1) is 18.2. The molecule has 1 N–H and O–H groups in total. The summed E-state index contributed by atoms with van der Waals surface area (Å²) in [6, 6.07) is 1.14. The van der Waals surface area contributed by atoms with Gasteiger partial charge in [0.05, 0.1) is 5.56 Å². The molecule has 0 bridgehead atoms. The molecule has 1 heterocycles. The van der Waals surface area contributed by atoms with Crippen LogP contribution in [0.25, 0.3) is 0 Å². The standard InChI is InChI=1S/C16H18F4N2O2/c1-9-3-5-13(17)12(7-9)15(24)22-8-11(21-10(2)23)4-6-14(22)16(18,19)20/h3,5,7,11,14H,4,6,8H2,1-2H3,(H,21,23)/t11-,14+/m1/s1. The van der Waals surface area contributed by atoms with Gasteiger partial charge < -0.3 is 10.2 Å². The molecule has 24 heavy (non-hydrogen) atoms. The number of rotatable bonds is 2. The van der Waals surface area contributed by atoms with Crippen molar-refractivity contribution in [3.8, 4) is 0 Å². The maximum atomic E-state index is 13.9. The van der Waals surface area contributed by atoms with E-state index in [4.69, 9.17) is 0 Å². The van der Waals surface area contributed by atoms with E-state index in [1.54, 1.807) is 6.92 Å². The largest absolute Gasteiger partial charge is 0.408 e. The highest BCUT2D eigenvalue weighted by Crippen LogP contribution is 2.33. The van der Waals surface area contributed by atoms with E-state index in [1.165, 1.54) is 19.1 Å². The molecule has 2 atom stereocenters. The van der Waals surface area contributed by atoms with E-state index in [1.807, 2.05) is 0 Å². The molecule has 0 aliphatic carbocycles. The van der Waals surface area contributed by atoms with Gasteiger partial charge in [-0.05, 0) is 31.9 Å². The Morgan fingerprint density at radius 2 is 1.92 bits per heavy atom. The van der Waals surface area contributed by atoms with E-state index in [-0.39, 0.29) is 25.3 Å². The molecule has 2 amide bonds. The van der Waals surface area contributed by atoms with Gasteiger partial charge >= 0.3 is 6.18 Å². The molecule has 2 rings (SSSR count). The number of hydrogen-bond donors (Lipinski definition) is 1. The number of nitrogens with zero attached hydrogens (tertiary/aromatic N) is 1. The highest BCUT2D eigenvalue weighted by molar-refractivity contribution is 5.95. The second-order valence-electron chi connectivity index (χ2n) is 5.97. The molecule has 1 saturated heterocycles. The first-order valence-corrected chi connectivity index (χ1v) is 7.50. The zero-order valence-electron chi connectivity index (χ0n) is 13.3. The molecule has 0 radical (unpaired) electrons. The topological polar surface area (TPSA) is 49.4 Å². The molecule has 4 nitrogen and oxygen atoms in total. The second kappa shape index (κ2) is 6.78. The molecule has 0 unspecified atom stereocenters. The molecule has 1 aliphatic heterocycles. The van der Waals surface area contributed by atoms with E-state index in [9.17, 15) is 27.2 Å². The number of likely N-dealkylation sites (tertiary alicyclic amines) is 1. The molecular formula is C16H18F4N2O2. The van der Waals surface area contributed by atoms with E-state index in [2.05, 4.69) is 5.32 Å². The first-order chi connectivity index (χ1) is 11.1. The zero-order valence-corrected chi connectivity index (χ0v) is 13.3. The van der Waals surface area contributed by atoms with Crippen LogP contribution in [-0.2, 0) is 4.79 Å². The number of aryl methyl sites for hydroxylation is 1. The SMILES string of the molecule is CC(=O)N[C@@H]1CC[C@@H](C(F)(F)F)N(C(=O)c2cc(C)ccc2F)C1. The molecule has 8 heteroatoms. The molecule has 0 saturated carbocycles. The third-order valence-corrected chi connectivity index (χ3v) is 3.98. The summed E-state index contributed by atoms with van der Waals surface area (Å²) in [4.78, 5) is 24.3. The van der Waals surface area contributed by atoms with Crippen LogP contribution in [0.2, 0.25) is 0 Å². The lowest BCUT2D eigenvalue weighted by atomic mass is 9.96. The summed E-state index contributed by atoms with van der Waals surface area (Å²) in [6.07, 6.45) is -4.85. The van der Waals surface area contributed by atoms with Crippen LogP contribution < -0.4 is 5.32 Å². The Morgan fingerprint density at radius 3 is 2.50 bits per heavy atom. The normalized spacial score (nSPS) is 21.5. The van der Waals surface area contributed by atoms with Gasteiger partial charge in [0.1, 0.15) is 11.9 Å². The van der Waals surface area contributed by atoms with Crippen molar-refractivity contribution >= 4 is 11.8 Å². The van der Waals surface area contributed by atoms with Crippen LogP contribution in [0.4, 0.5) is 17.6 Å². The second-order valence-corrected chi connectivity index (χ2v) is 5.97. The van der Waals surface area contributed by atoms with Crippen LogP contribution in [-0.4, -0.2) is 41.5 Å². The number of halogens is 4. The average Bonchev–Trinajstić information content (AvgIpc) is 2.47. The Hall–Kier alpha value is -2.12. The van der Waals surface area contributed by atoms with Crippen LogP contribution in [0, 0.1) is 12.7 Å². The van der Waals surface area contributed by atoms with Crippen LogP contribution in [0.3, 0.4) is 0 Å². The summed E-state index contributed by atoms with van der Waals surface area (Å²) in [5.41, 5.74) is 0.173. The van der Waals surface area contributed by atoms with Gasteiger partial charge in [0.25, 0.3) is 5.91 Å². The fourth-order valence-corrected chi connectivity index (χ4v) is 2.90. The number of carbonyl (C=O) groups excluding carboxylic acids is 2. The number of nitrogens with one attached hydrogen (secondary N) is 1. The fraction of sp³-hybridized carbons (Fsp3) is 0.500. The van der Waals surface area contributed by atoms with E-state index < -0.39 is 35.5 Å². The van der Waals surface area contributed by atoms with Crippen molar-refractivity contribution in [1.29, 1.82) is 0 Å². The Morgan fingerprint density at radius 1 is 1.25 bits per heavy atom. The van der Waals surface area contributed by atoms with Gasteiger partial charge in [-0.3, -0.25) is 9.59 Å². The monoisotopic (exact) mass is 346 g/mol. The maximum absolute atomic E-state index is 13.9. The number of alkyl halides is 3. The molecule has 132 valence electrons. The van der Waals surface area contributed by atoms with E-state index >= 15 is 0 Å². The highest BCUT2D eigenvalue weighted by Gasteiger charge is 2.48. The third kappa shape index (κ3) is 4.04. The molecule has 1 fully saturated rings. The quantitative estimate of drug-likeness (QED) is 0.837. The van der Waals surface area contributed by atoms with Gasteiger partial charge in [0, 0.05) is 19.5 Å². The number of benzene rings is 1. The van der Waals surface area contributed by atoms with Gasteiger partial charge in [0.15, 0.2) is 0 Å². The summed E-state index contributed by atoms with van der Waals surface area (Å²) < 4.78 is 53.7. The zero-order chi connectivity index (χ0) is 18.1. The predicted molar refractivity (Wildman–Crippen MR) is 78.9 cm³/mol. The van der Waals surface area contributed by atoms with Crippen LogP contribution in [0.5, 0.6) is 0 Å². The van der Waals surface area contributed by atoms with E-state index in [0.717, 1.165) is 6.07 Å². The lowest BCUT2D eigenvalue weighted by Gasteiger charge is -2.40. The van der Waals surface area contributed by atoms with Gasteiger partial charge in [-0.2, -0.15) is 13.2 Å². The summed E-state index contributed by atoms with van der Waals surface area (Å²) in [6.45, 7) is 2.56. The summed E-state index contributed by atoms with van der Waals surface area (Å²) in [5.74, 6) is -2.28. The van der Waals surface area contributed by atoms with Gasteiger partial charge in [-0.25, -0.2) is 4.39 Å². The van der Waals surface area contributed by atoms with Crippen LogP contribution >= 0.6 is 0 Å². The summed E-state index contributed by atoms with van der Waals surface area (Å²) in [7, 11) is 0. The molecular weight excluding hydrogens is 328 g/mol. The van der Waals surface area contributed by atoms with Crippen molar-refractivity contribution < 1.29 is 27.2 Å². The van der Waals surface area contributed by atoms with Gasteiger partial charge in [-0.1, -0.05) is 11.6 Å². The van der Waals surface area contributed by atoms with Crippen LogP contribution in [0.1, 0.15) is 35.7 Å².